The van der Waals surface area contributed by atoms with Crippen molar-refractivity contribution in [3.05, 3.63) is 83.9 Å². The van der Waals surface area contributed by atoms with Gasteiger partial charge in [-0.15, -0.1) is 11.8 Å². The van der Waals surface area contributed by atoms with E-state index >= 15 is 0 Å². The Morgan fingerprint density at radius 1 is 0.750 bits per heavy atom. The van der Waals surface area contributed by atoms with E-state index in [0.717, 1.165) is 0 Å². The molecule has 1 aliphatic rings. The molecule has 0 amide bonds. The van der Waals surface area contributed by atoms with Gasteiger partial charge < -0.3 is 0 Å². The molecule has 1 heteroatoms. The highest BCUT2D eigenvalue weighted by molar-refractivity contribution is 8.01. The van der Waals surface area contributed by atoms with Crippen LogP contribution < -0.4 is 0 Å². The van der Waals surface area contributed by atoms with E-state index in [9.17, 15) is 0 Å². The summed E-state index contributed by atoms with van der Waals surface area (Å²) in [4.78, 5) is 0. The zero-order valence-corrected chi connectivity index (χ0v) is 12.8. The molecule has 0 spiro atoms. The van der Waals surface area contributed by atoms with E-state index in [4.69, 9.17) is 0 Å². The molecule has 0 aromatic heterocycles. The van der Waals surface area contributed by atoms with Crippen LogP contribution in [0.2, 0.25) is 0 Å². The maximum Gasteiger partial charge on any atom is 0.0722 e. The second-order valence-electron chi connectivity index (χ2n) is 5.46. The van der Waals surface area contributed by atoms with Gasteiger partial charge in [-0.05, 0) is 24.0 Å². The number of hydrogen-bond acceptors (Lipinski definition) is 1. The molecule has 0 saturated heterocycles. The van der Waals surface area contributed by atoms with Gasteiger partial charge in [-0.2, -0.15) is 0 Å². The average molecular weight is 280 g/mol. The molecule has 0 aliphatic carbocycles. The van der Waals surface area contributed by atoms with Crippen LogP contribution in [0.3, 0.4) is 0 Å². The Morgan fingerprint density at radius 3 is 1.75 bits per heavy atom. The summed E-state index contributed by atoms with van der Waals surface area (Å²) in [6.45, 7) is 4.61. The topological polar surface area (TPSA) is 0 Å². The van der Waals surface area contributed by atoms with Crippen LogP contribution in [0.5, 0.6) is 0 Å². The fourth-order valence-electron chi connectivity index (χ4n) is 3.10. The summed E-state index contributed by atoms with van der Waals surface area (Å²) < 4.78 is 0.0245. The Bertz CT molecular complexity index is 546. The second kappa shape index (κ2) is 5.49. The third-order valence-electron chi connectivity index (χ3n) is 4.09. The van der Waals surface area contributed by atoms with E-state index in [2.05, 4.69) is 98.4 Å². The number of benzene rings is 2. The molecule has 0 fully saturated rings. The van der Waals surface area contributed by atoms with Crippen LogP contribution in [0.4, 0.5) is 0 Å². The van der Waals surface area contributed by atoms with E-state index in [0.29, 0.717) is 11.2 Å². The van der Waals surface area contributed by atoms with Crippen molar-refractivity contribution in [3.63, 3.8) is 0 Å². The molecule has 2 atom stereocenters. The molecule has 0 radical (unpaired) electrons. The van der Waals surface area contributed by atoms with Gasteiger partial charge in [0.2, 0.25) is 0 Å². The molecule has 2 aromatic rings. The van der Waals surface area contributed by atoms with Crippen LogP contribution in [0.25, 0.3) is 0 Å². The summed E-state index contributed by atoms with van der Waals surface area (Å²) in [5, 5.41) is 0.534. The molecule has 0 saturated carbocycles. The Balaban J connectivity index is 2.21. The van der Waals surface area contributed by atoms with Gasteiger partial charge >= 0.3 is 0 Å². The van der Waals surface area contributed by atoms with E-state index in [1.807, 2.05) is 0 Å². The largest absolute Gasteiger partial charge is 0.138 e. The molecule has 3 rings (SSSR count). The van der Waals surface area contributed by atoms with Crippen molar-refractivity contribution >= 4 is 11.8 Å². The van der Waals surface area contributed by atoms with Gasteiger partial charge in [0.1, 0.15) is 0 Å². The Morgan fingerprint density at radius 2 is 1.25 bits per heavy atom. The lowest BCUT2D eigenvalue weighted by Gasteiger charge is -2.42. The van der Waals surface area contributed by atoms with Crippen molar-refractivity contribution in [3.8, 4) is 0 Å². The highest BCUT2D eigenvalue weighted by atomic mass is 32.2. The first-order chi connectivity index (χ1) is 9.73. The van der Waals surface area contributed by atoms with Crippen LogP contribution in [-0.4, -0.2) is 5.25 Å². The smallest absolute Gasteiger partial charge is 0.0722 e. The van der Waals surface area contributed by atoms with Crippen LogP contribution in [-0.2, 0) is 4.75 Å². The number of thioether (sulfide) groups is 1. The third-order valence-corrected chi connectivity index (χ3v) is 5.83. The molecule has 1 heterocycles. The molecule has 0 bridgehead atoms. The van der Waals surface area contributed by atoms with Crippen molar-refractivity contribution in [2.45, 2.75) is 23.8 Å². The van der Waals surface area contributed by atoms with Gasteiger partial charge in [0.05, 0.1) is 4.75 Å². The Hall–Kier alpha value is -1.47. The van der Waals surface area contributed by atoms with E-state index in [1.54, 1.807) is 0 Å². The monoisotopic (exact) mass is 280 g/mol. The summed E-state index contributed by atoms with van der Waals surface area (Å²) in [6, 6.07) is 21.9. The quantitative estimate of drug-likeness (QED) is 0.676. The first-order valence-electron chi connectivity index (χ1n) is 7.20. The number of hydrogen-bond donors (Lipinski definition) is 0. The van der Waals surface area contributed by atoms with Crippen molar-refractivity contribution < 1.29 is 0 Å². The summed E-state index contributed by atoms with van der Waals surface area (Å²) in [5.74, 6) is 0.480. The molecule has 1 aliphatic heterocycles. The van der Waals surface area contributed by atoms with Crippen LogP contribution in [0.15, 0.2) is 72.8 Å². The standard InChI is InChI=1S/C19H20S/c1-15-13-14-16(2)20-19(15,17-9-5-3-6-10-17)18-11-7-4-8-12-18/h3-16H,1-2H3/t15-,16+/m1/s1. The third kappa shape index (κ3) is 2.20. The lowest BCUT2D eigenvalue weighted by molar-refractivity contribution is 0.561. The van der Waals surface area contributed by atoms with Gasteiger partial charge in [0, 0.05) is 5.25 Å². The van der Waals surface area contributed by atoms with Crippen molar-refractivity contribution in [2.75, 3.05) is 0 Å². The minimum Gasteiger partial charge on any atom is -0.138 e. The SMILES string of the molecule is C[C@@H]1C=C[C@H](C)SC1(c1ccccc1)c1ccccc1. The summed E-state index contributed by atoms with van der Waals surface area (Å²) in [5.41, 5.74) is 2.81. The van der Waals surface area contributed by atoms with Crippen molar-refractivity contribution in [1.82, 2.24) is 0 Å². The lowest BCUT2D eigenvalue weighted by atomic mass is 9.80. The van der Waals surface area contributed by atoms with E-state index < -0.39 is 0 Å². The Labute approximate surface area is 125 Å². The van der Waals surface area contributed by atoms with Gasteiger partial charge in [-0.1, -0.05) is 79.7 Å². The molecule has 0 nitrogen and oxygen atoms in total. The minimum atomic E-state index is 0.0245. The molecular formula is C19H20S. The fourth-order valence-corrected chi connectivity index (χ4v) is 4.69. The lowest BCUT2D eigenvalue weighted by Crippen LogP contribution is -2.34. The van der Waals surface area contributed by atoms with E-state index in [-0.39, 0.29) is 4.75 Å². The first-order valence-corrected chi connectivity index (χ1v) is 8.08. The summed E-state index contributed by atoms with van der Waals surface area (Å²) in [6.07, 6.45) is 4.71. The highest BCUT2D eigenvalue weighted by Crippen LogP contribution is 2.53. The molecule has 20 heavy (non-hydrogen) atoms. The maximum absolute atomic E-state index is 2.38. The van der Waals surface area contributed by atoms with Crippen molar-refractivity contribution in [2.24, 2.45) is 5.92 Å². The van der Waals surface area contributed by atoms with Crippen molar-refractivity contribution in [1.29, 1.82) is 0 Å². The number of allylic oxidation sites excluding steroid dienone is 1. The predicted octanol–water partition coefficient (Wildman–Crippen LogP) is 5.26. The second-order valence-corrected chi connectivity index (χ2v) is 7.09. The first kappa shape index (κ1) is 13.5. The predicted molar refractivity (Wildman–Crippen MR) is 89.0 cm³/mol. The van der Waals surface area contributed by atoms with Crippen LogP contribution >= 0.6 is 11.8 Å². The molecule has 102 valence electrons. The normalized spacial score (nSPS) is 24.5. The Kier molecular flexibility index (Phi) is 3.71. The van der Waals surface area contributed by atoms with Gasteiger partial charge in [0.15, 0.2) is 0 Å². The highest BCUT2D eigenvalue weighted by Gasteiger charge is 2.42. The zero-order chi connectivity index (χ0) is 14.0. The van der Waals surface area contributed by atoms with Gasteiger partial charge in [-0.25, -0.2) is 0 Å². The van der Waals surface area contributed by atoms with Gasteiger partial charge in [-0.3, -0.25) is 0 Å². The average Bonchev–Trinajstić information content (AvgIpc) is 2.51. The summed E-state index contributed by atoms with van der Waals surface area (Å²) in [7, 11) is 0. The van der Waals surface area contributed by atoms with Gasteiger partial charge in [0.25, 0.3) is 0 Å². The molecule has 0 N–H and O–H groups in total. The zero-order valence-electron chi connectivity index (χ0n) is 12.0. The molecule has 2 aromatic carbocycles. The van der Waals surface area contributed by atoms with Crippen LogP contribution in [0.1, 0.15) is 25.0 Å². The summed E-state index contributed by atoms with van der Waals surface area (Å²) >= 11 is 2.06. The molecule has 0 unspecified atom stereocenters. The minimum absolute atomic E-state index is 0.0245. The molecular weight excluding hydrogens is 260 g/mol. The van der Waals surface area contributed by atoms with Crippen LogP contribution in [0, 0.1) is 5.92 Å². The maximum atomic E-state index is 2.38. The fraction of sp³-hybridized carbons (Fsp3) is 0.263. The van der Waals surface area contributed by atoms with E-state index in [1.165, 1.54) is 11.1 Å². The number of rotatable bonds is 2.